The molecule has 1 N–H and O–H groups in total. The highest BCUT2D eigenvalue weighted by molar-refractivity contribution is 7.89. The van der Waals surface area contributed by atoms with Gasteiger partial charge in [0.05, 0.1) is 11.3 Å². The van der Waals surface area contributed by atoms with Crippen molar-refractivity contribution in [1.82, 2.24) is 9.21 Å². The molecule has 176 valence electrons. The molecule has 2 aliphatic heterocycles. The van der Waals surface area contributed by atoms with Gasteiger partial charge < -0.3 is 10.2 Å². The second-order valence-corrected chi connectivity index (χ2v) is 10.7. The van der Waals surface area contributed by atoms with Crippen molar-refractivity contribution >= 4 is 27.5 Å². The topological polar surface area (TPSA) is 86.8 Å². The number of benzene rings is 2. The number of anilines is 1. The van der Waals surface area contributed by atoms with Crippen LogP contribution in [0.1, 0.15) is 43.2 Å². The Morgan fingerprint density at radius 1 is 0.788 bits per heavy atom. The third-order valence-electron chi connectivity index (χ3n) is 6.32. The fourth-order valence-corrected chi connectivity index (χ4v) is 5.86. The summed E-state index contributed by atoms with van der Waals surface area (Å²) in [5.74, 6) is 0.0493. The maximum atomic E-state index is 12.6. The molecule has 0 bridgehead atoms. The first-order chi connectivity index (χ1) is 15.9. The van der Waals surface area contributed by atoms with E-state index in [0.717, 1.165) is 49.9 Å². The number of hydrogen-bond acceptors (Lipinski definition) is 4. The van der Waals surface area contributed by atoms with Crippen molar-refractivity contribution in [1.29, 1.82) is 0 Å². The van der Waals surface area contributed by atoms with Crippen LogP contribution in [0.2, 0.25) is 0 Å². The fourth-order valence-electron chi connectivity index (χ4n) is 4.35. The fraction of sp³-hybridized carbons (Fsp3) is 0.440. The van der Waals surface area contributed by atoms with Crippen LogP contribution in [-0.4, -0.2) is 55.6 Å². The summed E-state index contributed by atoms with van der Waals surface area (Å²) in [4.78, 5) is 26.8. The molecular formula is C25H31N3O4S. The molecule has 0 atom stereocenters. The second-order valence-electron chi connectivity index (χ2n) is 8.76. The van der Waals surface area contributed by atoms with Crippen LogP contribution in [0.4, 0.5) is 5.69 Å². The van der Waals surface area contributed by atoms with Crippen molar-refractivity contribution in [2.24, 2.45) is 0 Å². The number of sulfonamides is 1. The summed E-state index contributed by atoms with van der Waals surface area (Å²) in [5, 5.41) is 2.88. The number of carbonyl (C=O) groups is 2. The van der Waals surface area contributed by atoms with Crippen LogP contribution in [0.25, 0.3) is 0 Å². The number of hydrogen-bond donors (Lipinski definition) is 1. The van der Waals surface area contributed by atoms with Gasteiger partial charge in [-0.15, -0.1) is 0 Å². The Balaban J connectivity index is 1.24. The molecule has 2 amide bonds. The highest BCUT2D eigenvalue weighted by Crippen LogP contribution is 2.21. The minimum Gasteiger partial charge on any atom is -0.342 e. The number of likely N-dealkylation sites (tertiary alicyclic amines) is 1. The molecular weight excluding hydrogens is 438 g/mol. The van der Waals surface area contributed by atoms with Gasteiger partial charge >= 0.3 is 0 Å². The Morgan fingerprint density at radius 3 is 2.00 bits per heavy atom. The van der Waals surface area contributed by atoms with Gasteiger partial charge in [-0.2, -0.15) is 4.31 Å². The number of amides is 2. The summed E-state index contributed by atoms with van der Waals surface area (Å²) in [6, 6.07) is 14.2. The number of nitrogens with one attached hydrogen (secondary N) is 1. The van der Waals surface area contributed by atoms with Crippen molar-refractivity contribution < 1.29 is 18.0 Å². The monoisotopic (exact) mass is 469 g/mol. The van der Waals surface area contributed by atoms with Crippen molar-refractivity contribution in [3.05, 3.63) is 59.7 Å². The Morgan fingerprint density at radius 2 is 1.36 bits per heavy atom. The lowest BCUT2D eigenvalue weighted by atomic mass is 10.1. The zero-order valence-electron chi connectivity index (χ0n) is 18.8. The normalized spacial score (nSPS) is 16.8. The molecule has 0 aromatic heterocycles. The second kappa shape index (κ2) is 10.5. The van der Waals surface area contributed by atoms with E-state index in [-0.39, 0.29) is 11.8 Å². The minimum absolute atomic E-state index is 0.107. The molecule has 0 spiro atoms. The molecule has 0 saturated carbocycles. The Hall–Kier alpha value is -2.71. The Bertz CT molecular complexity index is 1070. The molecule has 2 fully saturated rings. The van der Waals surface area contributed by atoms with Crippen molar-refractivity contribution in [3.8, 4) is 0 Å². The predicted octanol–water partition coefficient (Wildman–Crippen LogP) is 3.21. The molecule has 33 heavy (non-hydrogen) atoms. The average molecular weight is 470 g/mol. The molecule has 0 unspecified atom stereocenters. The number of carbonyl (C=O) groups excluding carboxylic acids is 2. The first-order valence-electron chi connectivity index (χ1n) is 11.7. The van der Waals surface area contributed by atoms with E-state index in [1.165, 1.54) is 4.31 Å². The van der Waals surface area contributed by atoms with Gasteiger partial charge in [0, 0.05) is 38.3 Å². The molecule has 2 aromatic rings. The molecule has 8 heteroatoms. The standard InChI is InChI=1S/C25H31N3O4S/c29-24(26-22-10-5-21(6-11-22)19-25(30)27-15-1-2-16-27)14-9-20-7-12-23(13-8-20)33(31,32)28-17-3-4-18-28/h5-8,10-13H,1-4,9,14-19H2,(H,26,29). The van der Waals surface area contributed by atoms with E-state index in [1.54, 1.807) is 24.3 Å². The van der Waals surface area contributed by atoms with Gasteiger partial charge in [0.2, 0.25) is 21.8 Å². The van der Waals surface area contributed by atoms with Crippen molar-refractivity contribution in [3.63, 3.8) is 0 Å². The maximum Gasteiger partial charge on any atom is 0.243 e. The number of aryl methyl sites for hydroxylation is 1. The third-order valence-corrected chi connectivity index (χ3v) is 8.23. The van der Waals surface area contributed by atoms with Crippen LogP contribution in [0.5, 0.6) is 0 Å². The van der Waals surface area contributed by atoms with Gasteiger partial charge in [-0.25, -0.2) is 8.42 Å². The molecule has 2 saturated heterocycles. The van der Waals surface area contributed by atoms with E-state index >= 15 is 0 Å². The van der Waals surface area contributed by atoms with Gasteiger partial charge in [0.15, 0.2) is 0 Å². The van der Waals surface area contributed by atoms with Crippen molar-refractivity contribution in [2.45, 2.75) is 49.8 Å². The summed E-state index contributed by atoms with van der Waals surface area (Å²) in [6.45, 7) is 2.87. The van der Waals surface area contributed by atoms with Crippen LogP contribution in [0, 0.1) is 0 Å². The highest BCUT2D eigenvalue weighted by atomic mass is 32.2. The minimum atomic E-state index is -3.41. The van der Waals surface area contributed by atoms with Crippen molar-refractivity contribution in [2.75, 3.05) is 31.5 Å². The summed E-state index contributed by atoms with van der Waals surface area (Å²) < 4.78 is 26.7. The molecule has 7 nitrogen and oxygen atoms in total. The quantitative estimate of drug-likeness (QED) is 0.643. The number of nitrogens with zero attached hydrogens (tertiary/aromatic N) is 2. The average Bonchev–Trinajstić information content (AvgIpc) is 3.54. The van der Waals surface area contributed by atoms with Crippen LogP contribution in [-0.2, 0) is 32.5 Å². The lowest BCUT2D eigenvalue weighted by Gasteiger charge is -2.15. The first kappa shape index (κ1) is 23.4. The van der Waals surface area contributed by atoms with Crippen LogP contribution < -0.4 is 5.32 Å². The van der Waals surface area contributed by atoms with Gasteiger partial charge in [0.1, 0.15) is 0 Å². The van der Waals surface area contributed by atoms with E-state index < -0.39 is 10.0 Å². The molecule has 0 aliphatic carbocycles. The zero-order chi connectivity index (χ0) is 23.3. The maximum absolute atomic E-state index is 12.6. The SMILES string of the molecule is O=C(CCc1ccc(S(=O)(=O)N2CCCC2)cc1)Nc1ccc(CC(=O)N2CCCC2)cc1. The van der Waals surface area contributed by atoms with E-state index in [9.17, 15) is 18.0 Å². The third kappa shape index (κ3) is 6.00. The lowest BCUT2D eigenvalue weighted by Crippen LogP contribution is -2.29. The Labute approximate surface area is 195 Å². The van der Waals surface area contributed by atoms with E-state index in [1.807, 2.05) is 29.2 Å². The summed E-state index contributed by atoms with van der Waals surface area (Å²) in [7, 11) is -3.41. The zero-order valence-corrected chi connectivity index (χ0v) is 19.6. The first-order valence-corrected chi connectivity index (χ1v) is 13.1. The van der Waals surface area contributed by atoms with E-state index in [4.69, 9.17) is 0 Å². The van der Waals surface area contributed by atoms with Gasteiger partial charge in [0.25, 0.3) is 0 Å². The molecule has 2 aliphatic rings. The van der Waals surface area contributed by atoms with Crippen LogP contribution in [0.15, 0.2) is 53.4 Å². The Kier molecular flexibility index (Phi) is 7.45. The molecule has 4 rings (SSSR count). The summed E-state index contributed by atoms with van der Waals surface area (Å²) >= 11 is 0. The largest absolute Gasteiger partial charge is 0.342 e. The lowest BCUT2D eigenvalue weighted by molar-refractivity contribution is -0.129. The van der Waals surface area contributed by atoms with Crippen LogP contribution in [0.3, 0.4) is 0 Å². The predicted molar refractivity (Wildman–Crippen MR) is 127 cm³/mol. The molecule has 0 radical (unpaired) electrons. The highest BCUT2D eigenvalue weighted by Gasteiger charge is 2.26. The van der Waals surface area contributed by atoms with E-state index in [0.29, 0.717) is 42.9 Å². The summed E-state index contributed by atoms with van der Waals surface area (Å²) in [5.41, 5.74) is 2.56. The number of rotatable bonds is 8. The molecule has 2 aromatic carbocycles. The molecule has 2 heterocycles. The van der Waals surface area contributed by atoms with Gasteiger partial charge in [-0.1, -0.05) is 24.3 Å². The van der Waals surface area contributed by atoms with Crippen LogP contribution >= 0.6 is 0 Å². The van der Waals surface area contributed by atoms with Gasteiger partial charge in [-0.05, 0) is 67.5 Å². The summed E-state index contributed by atoms with van der Waals surface area (Å²) in [6.07, 6.45) is 5.19. The smallest absolute Gasteiger partial charge is 0.243 e. The van der Waals surface area contributed by atoms with Gasteiger partial charge in [-0.3, -0.25) is 9.59 Å². The van der Waals surface area contributed by atoms with E-state index in [2.05, 4.69) is 5.32 Å².